The Hall–Kier alpha value is -2.70. The van der Waals surface area contributed by atoms with Crippen molar-refractivity contribution >= 4 is 11.8 Å². The van der Waals surface area contributed by atoms with Crippen LogP contribution < -0.4 is 5.32 Å². The van der Waals surface area contributed by atoms with Crippen LogP contribution in [0.25, 0.3) is 0 Å². The number of hydrogen-bond donors (Lipinski definition) is 2. The summed E-state index contributed by atoms with van der Waals surface area (Å²) in [5, 5.41) is 9.43. The molecule has 2 aromatic rings. The van der Waals surface area contributed by atoms with E-state index in [0.717, 1.165) is 11.3 Å². The van der Waals surface area contributed by atoms with E-state index in [4.69, 9.17) is 0 Å². The second-order valence-corrected chi connectivity index (χ2v) is 5.98. The summed E-state index contributed by atoms with van der Waals surface area (Å²) in [5.74, 6) is -0.592. The van der Waals surface area contributed by atoms with Gasteiger partial charge in [-0.3, -0.25) is 14.7 Å². The number of H-pyrrole nitrogens is 1. The second-order valence-electron chi connectivity index (χ2n) is 5.98. The molecule has 0 bridgehead atoms. The average molecular weight is 330 g/mol. The number of rotatable bonds is 5. The molecule has 2 N–H and O–H groups in total. The van der Waals surface area contributed by atoms with Crippen LogP contribution in [0.3, 0.4) is 0 Å². The smallest absolute Gasteiger partial charge is 0.257 e. The minimum absolute atomic E-state index is 0.0509. The number of amides is 2. The maximum absolute atomic E-state index is 12.8. The standard InChI is InChI=1S/C17H19FN4O2/c1-11-15(8-20-21-11)17(24)22-9-13(10-22)16(23)19-7-6-12-2-4-14(18)5-3-12/h2-5,8,13H,6-7,9-10H2,1H3,(H,19,23)(H,20,21). The fourth-order valence-corrected chi connectivity index (χ4v) is 2.67. The van der Waals surface area contributed by atoms with Gasteiger partial charge in [0.2, 0.25) is 5.91 Å². The maximum Gasteiger partial charge on any atom is 0.257 e. The topological polar surface area (TPSA) is 78.1 Å². The number of halogens is 1. The fourth-order valence-electron chi connectivity index (χ4n) is 2.67. The number of nitrogens with one attached hydrogen (secondary N) is 2. The molecule has 2 amide bonds. The first kappa shape index (κ1) is 16.2. The summed E-state index contributed by atoms with van der Waals surface area (Å²) in [6, 6.07) is 6.23. The van der Waals surface area contributed by atoms with Gasteiger partial charge in [-0.1, -0.05) is 12.1 Å². The quantitative estimate of drug-likeness (QED) is 0.867. The molecule has 1 aliphatic heterocycles. The molecule has 0 spiro atoms. The normalized spacial score (nSPS) is 14.3. The van der Waals surface area contributed by atoms with Gasteiger partial charge in [-0.05, 0) is 31.0 Å². The molecule has 0 aliphatic carbocycles. The highest BCUT2D eigenvalue weighted by atomic mass is 19.1. The van der Waals surface area contributed by atoms with Crippen LogP contribution in [0.5, 0.6) is 0 Å². The fraction of sp³-hybridized carbons (Fsp3) is 0.353. The lowest BCUT2D eigenvalue weighted by molar-refractivity contribution is -0.128. The van der Waals surface area contributed by atoms with Crippen LogP contribution in [-0.2, 0) is 11.2 Å². The van der Waals surface area contributed by atoms with Crippen molar-refractivity contribution in [2.24, 2.45) is 5.92 Å². The van der Waals surface area contributed by atoms with Gasteiger partial charge in [0.25, 0.3) is 5.91 Å². The van der Waals surface area contributed by atoms with E-state index in [1.807, 2.05) is 0 Å². The summed E-state index contributed by atoms with van der Waals surface area (Å²) >= 11 is 0. The van der Waals surface area contributed by atoms with Crippen LogP contribution in [0.4, 0.5) is 4.39 Å². The van der Waals surface area contributed by atoms with Crippen LogP contribution in [-0.4, -0.2) is 46.5 Å². The Labute approximate surface area is 139 Å². The molecular formula is C17H19FN4O2. The first-order valence-corrected chi connectivity index (χ1v) is 7.86. The highest BCUT2D eigenvalue weighted by Gasteiger charge is 2.36. The van der Waals surface area contributed by atoms with Crippen LogP contribution in [0.2, 0.25) is 0 Å². The molecule has 1 saturated heterocycles. The maximum atomic E-state index is 12.8. The third kappa shape index (κ3) is 3.45. The summed E-state index contributed by atoms with van der Waals surface area (Å²) in [4.78, 5) is 25.9. The summed E-state index contributed by atoms with van der Waals surface area (Å²) < 4.78 is 12.8. The molecule has 0 unspecified atom stereocenters. The number of carbonyl (C=O) groups excluding carboxylic acids is 2. The number of hydrogen-bond acceptors (Lipinski definition) is 3. The first-order valence-electron chi connectivity index (χ1n) is 7.86. The minimum atomic E-state index is -0.269. The number of likely N-dealkylation sites (tertiary alicyclic amines) is 1. The van der Waals surface area contributed by atoms with E-state index in [0.29, 0.717) is 31.6 Å². The Kier molecular flexibility index (Phi) is 4.59. The summed E-state index contributed by atoms with van der Waals surface area (Å²) in [5.41, 5.74) is 2.25. The molecule has 6 nitrogen and oxygen atoms in total. The predicted molar refractivity (Wildman–Crippen MR) is 85.8 cm³/mol. The molecular weight excluding hydrogens is 311 g/mol. The molecule has 1 aliphatic rings. The Morgan fingerprint density at radius 2 is 2.04 bits per heavy atom. The van der Waals surface area contributed by atoms with Crippen LogP contribution in [0.15, 0.2) is 30.5 Å². The second kappa shape index (κ2) is 6.82. The van der Waals surface area contributed by atoms with Crippen molar-refractivity contribution in [2.75, 3.05) is 19.6 Å². The van der Waals surface area contributed by atoms with Crippen molar-refractivity contribution in [1.82, 2.24) is 20.4 Å². The zero-order valence-electron chi connectivity index (χ0n) is 13.4. The molecule has 0 radical (unpaired) electrons. The first-order chi connectivity index (χ1) is 11.5. The van der Waals surface area contributed by atoms with Crippen LogP contribution in [0, 0.1) is 18.7 Å². The molecule has 1 fully saturated rings. The van der Waals surface area contributed by atoms with E-state index < -0.39 is 0 Å². The van der Waals surface area contributed by atoms with E-state index >= 15 is 0 Å². The molecule has 0 saturated carbocycles. The molecule has 126 valence electrons. The Morgan fingerprint density at radius 1 is 1.33 bits per heavy atom. The number of carbonyl (C=O) groups is 2. The zero-order chi connectivity index (χ0) is 17.1. The van der Waals surface area contributed by atoms with Gasteiger partial charge >= 0.3 is 0 Å². The van der Waals surface area contributed by atoms with E-state index in [-0.39, 0.29) is 23.5 Å². The van der Waals surface area contributed by atoms with Crippen molar-refractivity contribution in [1.29, 1.82) is 0 Å². The van der Waals surface area contributed by atoms with E-state index in [9.17, 15) is 14.0 Å². The highest BCUT2D eigenvalue weighted by molar-refractivity contribution is 5.96. The molecule has 3 rings (SSSR count). The lowest BCUT2D eigenvalue weighted by Crippen LogP contribution is -2.55. The molecule has 2 heterocycles. The van der Waals surface area contributed by atoms with Gasteiger partial charge < -0.3 is 10.2 Å². The third-order valence-electron chi connectivity index (χ3n) is 4.23. The largest absolute Gasteiger partial charge is 0.355 e. The van der Waals surface area contributed by atoms with Crippen molar-refractivity contribution in [2.45, 2.75) is 13.3 Å². The van der Waals surface area contributed by atoms with Gasteiger partial charge in [0, 0.05) is 25.3 Å². The minimum Gasteiger partial charge on any atom is -0.355 e. The lowest BCUT2D eigenvalue weighted by Gasteiger charge is -2.38. The third-order valence-corrected chi connectivity index (χ3v) is 4.23. The Balaban J connectivity index is 1.41. The number of nitrogens with zero attached hydrogens (tertiary/aromatic N) is 2. The van der Waals surface area contributed by atoms with Crippen LogP contribution >= 0.6 is 0 Å². The molecule has 0 atom stereocenters. The zero-order valence-corrected chi connectivity index (χ0v) is 13.4. The van der Waals surface area contributed by atoms with Crippen molar-refractivity contribution in [3.63, 3.8) is 0 Å². The molecule has 24 heavy (non-hydrogen) atoms. The predicted octanol–water partition coefficient (Wildman–Crippen LogP) is 1.29. The van der Waals surface area contributed by atoms with Crippen LogP contribution in [0.1, 0.15) is 21.6 Å². The van der Waals surface area contributed by atoms with Gasteiger partial charge in [0.15, 0.2) is 0 Å². The molecule has 1 aromatic heterocycles. The number of aromatic nitrogens is 2. The van der Waals surface area contributed by atoms with Gasteiger partial charge in [-0.15, -0.1) is 0 Å². The van der Waals surface area contributed by atoms with E-state index in [2.05, 4.69) is 15.5 Å². The Morgan fingerprint density at radius 3 is 2.67 bits per heavy atom. The lowest BCUT2D eigenvalue weighted by atomic mass is 9.98. The SMILES string of the molecule is Cc1[nH]ncc1C(=O)N1CC(C(=O)NCCc2ccc(F)cc2)C1. The average Bonchev–Trinajstić information content (AvgIpc) is 2.94. The number of benzene rings is 1. The molecule has 7 heteroatoms. The van der Waals surface area contributed by atoms with Crippen molar-refractivity contribution in [3.05, 3.63) is 53.1 Å². The van der Waals surface area contributed by atoms with E-state index in [1.54, 1.807) is 24.0 Å². The summed E-state index contributed by atoms with van der Waals surface area (Å²) in [7, 11) is 0. The van der Waals surface area contributed by atoms with Gasteiger partial charge in [-0.25, -0.2) is 4.39 Å². The highest BCUT2D eigenvalue weighted by Crippen LogP contribution is 2.19. The van der Waals surface area contributed by atoms with Gasteiger partial charge in [-0.2, -0.15) is 5.10 Å². The summed E-state index contributed by atoms with van der Waals surface area (Å²) in [6.45, 7) is 3.13. The van der Waals surface area contributed by atoms with Gasteiger partial charge in [0.1, 0.15) is 5.82 Å². The van der Waals surface area contributed by atoms with Crippen molar-refractivity contribution in [3.8, 4) is 0 Å². The Bertz CT molecular complexity index is 735. The van der Waals surface area contributed by atoms with E-state index in [1.165, 1.54) is 18.3 Å². The monoisotopic (exact) mass is 330 g/mol. The summed E-state index contributed by atoms with van der Waals surface area (Å²) in [6.07, 6.45) is 2.16. The molecule has 1 aromatic carbocycles. The number of aromatic amines is 1. The van der Waals surface area contributed by atoms with Gasteiger partial charge in [0.05, 0.1) is 17.7 Å². The van der Waals surface area contributed by atoms with Crippen molar-refractivity contribution < 1.29 is 14.0 Å². The number of aryl methyl sites for hydroxylation is 1.